The summed E-state index contributed by atoms with van der Waals surface area (Å²) in [5.41, 5.74) is 7.33. The number of pyridine rings is 1. The van der Waals surface area contributed by atoms with Gasteiger partial charge in [-0.3, -0.25) is 4.79 Å². The van der Waals surface area contributed by atoms with E-state index in [1.807, 2.05) is 35.0 Å². The van der Waals surface area contributed by atoms with E-state index >= 15 is 0 Å². The maximum Gasteiger partial charge on any atom is 0.254 e. The van der Waals surface area contributed by atoms with Gasteiger partial charge >= 0.3 is 0 Å². The number of aromatic nitrogens is 5. The standard InChI is InChI=1S/C30H30N6O/c1-19-15-24-18-25(30(37)31-26(24)16-20(19)2)28(36-21(3)17-23-11-7-8-12-27(23)36)29-32-33-34-35(29)14-13-22-9-5-4-6-10-22/h4-12,15-16,18,21,28H,13-14,17H2,1-3H3,(H,31,37)/t21-,28+/m1/s1. The number of H-pyrrole nitrogens is 1. The van der Waals surface area contributed by atoms with Crippen molar-refractivity contribution in [1.82, 2.24) is 25.2 Å². The molecule has 0 spiro atoms. The summed E-state index contributed by atoms with van der Waals surface area (Å²) in [7, 11) is 0. The van der Waals surface area contributed by atoms with Crippen molar-refractivity contribution >= 4 is 16.6 Å². The van der Waals surface area contributed by atoms with Crippen molar-refractivity contribution in [2.24, 2.45) is 0 Å². The van der Waals surface area contributed by atoms with Crippen molar-refractivity contribution in [1.29, 1.82) is 0 Å². The van der Waals surface area contributed by atoms with E-state index in [9.17, 15) is 4.79 Å². The largest absolute Gasteiger partial charge is 0.354 e. The van der Waals surface area contributed by atoms with Gasteiger partial charge in [-0.05, 0) is 95.9 Å². The van der Waals surface area contributed by atoms with Crippen molar-refractivity contribution in [3.8, 4) is 0 Å². The van der Waals surface area contributed by atoms with Crippen LogP contribution in [-0.4, -0.2) is 31.2 Å². The fourth-order valence-corrected chi connectivity index (χ4v) is 5.54. The van der Waals surface area contributed by atoms with Gasteiger partial charge in [0.2, 0.25) is 0 Å². The molecule has 0 saturated carbocycles. The van der Waals surface area contributed by atoms with Crippen LogP contribution in [0.4, 0.5) is 5.69 Å². The van der Waals surface area contributed by atoms with E-state index in [4.69, 9.17) is 0 Å². The van der Waals surface area contributed by atoms with Gasteiger partial charge in [0.05, 0.1) is 0 Å². The van der Waals surface area contributed by atoms with Crippen LogP contribution in [0.2, 0.25) is 0 Å². The maximum absolute atomic E-state index is 13.7. The Hall–Kier alpha value is -4.26. The van der Waals surface area contributed by atoms with Gasteiger partial charge in [0.25, 0.3) is 5.56 Å². The summed E-state index contributed by atoms with van der Waals surface area (Å²) in [6.45, 7) is 6.98. The monoisotopic (exact) mass is 490 g/mol. The number of nitrogens with one attached hydrogen (secondary N) is 1. The predicted molar refractivity (Wildman–Crippen MR) is 146 cm³/mol. The number of fused-ring (bicyclic) bond motifs is 2. The Labute approximate surface area is 215 Å². The molecule has 2 aromatic heterocycles. The first-order valence-corrected chi connectivity index (χ1v) is 12.8. The summed E-state index contributed by atoms with van der Waals surface area (Å²) in [4.78, 5) is 19.1. The molecule has 0 unspecified atom stereocenters. The summed E-state index contributed by atoms with van der Waals surface area (Å²) in [5.74, 6) is 0.674. The minimum atomic E-state index is -0.431. The van der Waals surface area contributed by atoms with Crippen LogP contribution in [0.15, 0.2) is 77.6 Å². The third-order valence-electron chi connectivity index (χ3n) is 7.58. The molecule has 1 aliphatic heterocycles. The fourth-order valence-electron chi connectivity index (χ4n) is 5.54. The van der Waals surface area contributed by atoms with E-state index in [1.165, 1.54) is 16.7 Å². The summed E-state index contributed by atoms with van der Waals surface area (Å²) >= 11 is 0. The summed E-state index contributed by atoms with van der Waals surface area (Å²) in [6.07, 6.45) is 1.70. The molecule has 0 aliphatic carbocycles. The zero-order chi connectivity index (χ0) is 25.5. The minimum absolute atomic E-state index is 0.116. The van der Waals surface area contributed by atoms with Gasteiger partial charge < -0.3 is 9.88 Å². The number of para-hydroxylation sites is 1. The number of anilines is 1. The van der Waals surface area contributed by atoms with Crippen molar-refractivity contribution in [2.45, 2.75) is 52.2 Å². The van der Waals surface area contributed by atoms with Gasteiger partial charge in [-0.25, -0.2) is 4.68 Å². The molecule has 37 heavy (non-hydrogen) atoms. The van der Waals surface area contributed by atoms with E-state index < -0.39 is 6.04 Å². The van der Waals surface area contributed by atoms with Crippen LogP contribution < -0.4 is 10.5 Å². The zero-order valence-electron chi connectivity index (χ0n) is 21.3. The summed E-state index contributed by atoms with van der Waals surface area (Å²) < 4.78 is 1.86. The maximum atomic E-state index is 13.7. The van der Waals surface area contributed by atoms with Crippen molar-refractivity contribution in [3.63, 3.8) is 0 Å². The Morgan fingerprint density at radius 1 is 1.00 bits per heavy atom. The SMILES string of the molecule is Cc1cc2cc([C@@H](c3nnnn3CCc3ccccc3)N3c4ccccc4C[C@H]3C)c(=O)[nH]c2cc1C. The molecule has 0 saturated heterocycles. The second kappa shape index (κ2) is 9.32. The first-order valence-electron chi connectivity index (χ1n) is 12.8. The van der Waals surface area contributed by atoms with Crippen LogP contribution in [0.25, 0.3) is 10.9 Å². The Kier molecular flexibility index (Phi) is 5.83. The number of rotatable bonds is 6. The lowest BCUT2D eigenvalue weighted by Crippen LogP contribution is -2.39. The Bertz CT molecular complexity index is 1640. The molecule has 0 fully saturated rings. The van der Waals surface area contributed by atoms with Gasteiger partial charge in [0.15, 0.2) is 5.82 Å². The number of benzene rings is 3. The molecule has 3 aromatic carbocycles. The van der Waals surface area contributed by atoms with Gasteiger partial charge in [-0.1, -0.05) is 48.5 Å². The average Bonchev–Trinajstić information content (AvgIpc) is 3.49. The lowest BCUT2D eigenvalue weighted by molar-refractivity contribution is 0.519. The van der Waals surface area contributed by atoms with E-state index in [2.05, 4.69) is 88.6 Å². The fraction of sp³-hybridized carbons (Fsp3) is 0.267. The predicted octanol–water partition coefficient (Wildman–Crippen LogP) is 4.91. The molecule has 5 aromatic rings. The third kappa shape index (κ3) is 4.20. The third-order valence-corrected chi connectivity index (χ3v) is 7.58. The molecular formula is C30H30N6O. The number of aryl methyl sites for hydroxylation is 4. The van der Waals surface area contributed by atoms with Crippen molar-refractivity contribution in [2.75, 3.05) is 4.90 Å². The number of tetrazole rings is 1. The highest BCUT2D eigenvalue weighted by Crippen LogP contribution is 2.40. The van der Waals surface area contributed by atoms with Crippen LogP contribution in [-0.2, 0) is 19.4 Å². The molecule has 7 nitrogen and oxygen atoms in total. The molecule has 7 heteroatoms. The van der Waals surface area contributed by atoms with Crippen LogP contribution in [0.1, 0.15) is 46.6 Å². The first-order chi connectivity index (χ1) is 18.0. The number of aromatic amines is 1. The average molecular weight is 491 g/mol. The van der Waals surface area contributed by atoms with E-state index in [0.29, 0.717) is 17.9 Å². The highest BCUT2D eigenvalue weighted by atomic mass is 16.1. The molecule has 0 bridgehead atoms. The van der Waals surface area contributed by atoms with Crippen LogP contribution in [0.3, 0.4) is 0 Å². The first kappa shape index (κ1) is 23.2. The van der Waals surface area contributed by atoms with Crippen molar-refractivity contribution < 1.29 is 0 Å². The van der Waals surface area contributed by atoms with Crippen LogP contribution in [0, 0.1) is 13.8 Å². The van der Waals surface area contributed by atoms with E-state index in [1.54, 1.807) is 0 Å². The minimum Gasteiger partial charge on any atom is -0.354 e. The number of hydrogen-bond acceptors (Lipinski definition) is 5. The molecule has 1 N–H and O–H groups in total. The van der Waals surface area contributed by atoms with Gasteiger partial charge in [0.1, 0.15) is 6.04 Å². The van der Waals surface area contributed by atoms with E-state index in [-0.39, 0.29) is 11.6 Å². The second-order valence-corrected chi connectivity index (χ2v) is 10.1. The van der Waals surface area contributed by atoms with Gasteiger partial charge in [0, 0.05) is 29.4 Å². The normalized spacial score (nSPS) is 15.8. The molecule has 0 radical (unpaired) electrons. The molecule has 2 atom stereocenters. The molecule has 3 heterocycles. The smallest absolute Gasteiger partial charge is 0.254 e. The van der Waals surface area contributed by atoms with Gasteiger partial charge in [-0.15, -0.1) is 5.10 Å². The van der Waals surface area contributed by atoms with Gasteiger partial charge in [-0.2, -0.15) is 0 Å². The van der Waals surface area contributed by atoms with E-state index in [0.717, 1.165) is 35.0 Å². The van der Waals surface area contributed by atoms with Crippen molar-refractivity contribution in [3.05, 3.63) is 117 Å². The Balaban J connectivity index is 1.51. The summed E-state index contributed by atoms with van der Waals surface area (Å²) in [5, 5.41) is 14.0. The second-order valence-electron chi connectivity index (χ2n) is 10.1. The summed E-state index contributed by atoms with van der Waals surface area (Å²) in [6, 6.07) is 24.7. The lowest BCUT2D eigenvalue weighted by atomic mass is 10.00. The van der Waals surface area contributed by atoms with Crippen LogP contribution in [0.5, 0.6) is 0 Å². The quantitative estimate of drug-likeness (QED) is 0.366. The Morgan fingerprint density at radius 2 is 1.76 bits per heavy atom. The molecule has 0 amide bonds. The molecule has 6 rings (SSSR count). The number of nitrogens with zero attached hydrogens (tertiary/aromatic N) is 5. The molecule has 186 valence electrons. The van der Waals surface area contributed by atoms with Crippen LogP contribution >= 0.6 is 0 Å². The highest BCUT2D eigenvalue weighted by molar-refractivity contribution is 5.81. The topological polar surface area (TPSA) is 79.7 Å². The highest BCUT2D eigenvalue weighted by Gasteiger charge is 2.37. The number of hydrogen-bond donors (Lipinski definition) is 1. The molecular weight excluding hydrogens is 460 g/mol. The zero-order valence-corrected chi connectivity index (χ0v) is 21.3. The lowest BCUT2D eigenvalue weighted by Gasteiger charge is -2.33. The molecule has 1 aliphatic rings. The Morgan fingerprint density at radius 3 is 2.59 bits per heavy atom.